The van der Waals surface area contributed by atoms with Crippen molar-refractivity contribution in [2.45, 2.75) is 50.4 Å². The summed E-state index contributed by atoms with van der Waals surface area (Å²) in [6.45, 7) is 1.97. The number of carboxylic acid groups (broad SMARTS) is 1. The normalized spacial score (nSPS) is 19.3. The molecule has 0 aromatic carbocycles. The Hall–Kier alpha value is -2.60. The zero-order valence-corrected chi connectivity index (χ0v) is 16.9. The summed E-state index contributed by atoms with van der Waals surface area (Å²) in [5, 5.41) is 14.3. The lowest BCUT2D eigenvalue weighted by molar-refractivity contribution is -0.142. The fourth-order valence-corrected chi connectivity index (χ4v) is 3.37. The van der Waals surface area contributed by atoms with E-state index in [1.165, 1.54) is 17.4 Å². The number of carboxylic acids is 1. The Morgan fingerprint density at radius 3 is 2.66 bits per heavy atom. The predicted molar refractivity (Wildman–Crippen MR) is 106 cm³/mol. The van der Waals surface area contributed by atoms with Crippen LogP contribution in [0.1, 0.15) is 25.5 Å². The van der Waals surface area contributed by atoms with Crippen LogP contribution in [0.3, 0.4) is 0 Å². The summed E-state index contributed by atoms with van der Waals surface area (Å²) in [6.07, 6.45) is 3.99. The van der Waals surface area contributed by atoms with Crippen molar-refractivity contribution in [1.29, 1.82) is 0 Å². The molecule has 12 heteroatoms. The highest BCUT2D eigenvalue weighted by Gasteiger charge is 2.37. The fourth-order valence-electron chi connectivity index (χ4n) is 3.12. The summed E-state index contributed by atoms with van der Waals surface area (Å²) in [5.74, 6) is -2.77. The van der Waals surface area contributed by atoms with Gasteiger partial charge >= 0.3 is 5.97 Å². The first kappa shape index (κ1) is 22.7. The molecule has 1 aliphatic heterocycles. The van der Waals surface area contributed by atoms with E-state index in [2.05, 4.69) is 33.2 Å². The quantitative estimate of drug-likeness (QED) is 0.255. The molecule has 4 unspecified atom stereocenters. The zero-order valence-electron chi connectivity index (χ0n) is 16.0. The summed E-state index contributed by atoms with van der Waals surface area (Å²) in [7, 11) is 0. The number of aliphatic carboxylic acids is 1. The molecule has 4 atom stereocenters. The molecule has 1 aromatic rings. The lowest BCUT2D eigenvalue weighted by Gasteiger charge is -2.27. The number of hydrogen-bond donors (Lipinski definition) is 6. The highest BCUT2D eigenvalue weighted by Crippen LogP contribution is 2.18. The van der Waals surface area contributed by atoms with Crippen molar-refractivity contribution < 1.29 is 24.3 Å². The topological polar surface area (TPSA) is 171 Å². The summed E-state index contributed by atoms with van der Waals surface area (Å²) in [4.78, 5) is 56.8. The first-order valence-corrected chi connectivity index (χ1v) is 9.85. The maximum atomic E-state index is 12.6. The van der Waals surface area contributed by atoms with E-state index in [1.54, 1.807) is 6.92 Å². The minimum Gasteiger partial charge on any atom is -0.480 e. The highest BCUT2D eigenvalue weighted by molar-refractivity contribution is 7.80. The van der Waals surface area contributed by atoms with Crippen LogP contribution < -0.4 is 16.4 Å². The third-order valence-electron chi connectivity index (χ3n) is 4.64. The van der Waals surface area contributed by atoms with Crippen molar-refractivity contribution in [3.63, 3.8) is 0 Å². The summed E-state index contributed by atoms with van der Waals surface area (Å²) < 4.78 is 0. The van der Waals surface area contributed by atoms with E-state index in [1.807, 2.05) is 0 Å². The molecule has 2 rings (SSSR count). The third kappa shape index (κ3) is 5.94. The first-order valence-electron chi connectivity index (χ1n) is 9.22. The van der Waals surface area contributed by atoms with Gasteiger partial charge in [-0.05, 0) is 19.8 Å². The Bertz CT molecular complexity index is 741. The predicted octanol–water partition coefficient (Wildman–Crippen LogP) is -1.73. The van der Waals surface area contributed by atoms with Crippen molar-refractivity contribution in [3.8, 4) is 0 Å². The van der Waals surface area contributed by atoms with E-state index >= 15 is 0 Å². The minimum absolute atomic E-state index is 0.00754. The monoisotopic (exact) mass is 426 g/mol. The van der Waals surface area contributed by atoms with Gasteiger partial charge in [-0.25, -0.2) is 9.78 Å². The maximum Gasteiger partial charge on any atom is 0.326 e. The summed E-state index contributed by atoms with van der Waals surface area (Å²) in [5.41, 5.74) is 6.17. The molecule has 1 aliphatic rings. The molecule has 6 N–H and O–H groups in total. The van der Waals surface area contributed by atoms with Gasteiger partial charge in [0.15, 0.2) is 0 Å². The number of imidazole rings is 1. The van der Waals surface area contributed by atoms with Gasteiger partial charge in [-0.2, -0.15) is 12.6 Å². The Morgan fingerprint density at radius 1 is 1.38 bits per heavy atom. The van der Waals surface area contributed by atoms with Crippen LogP contribution in [-0.2, 0) is 25.6 Å². The second-order valence-corrected chi connectivity index (χ2v) is 7.27. The lowest BCUT2D eigenvalue weighted by Crippen LogP contribution is -2.57. The van der Waals surface area contributed by atoms with E-state index in [9.17, 15) is 24.3 Å². The molecule has 11 nitrogen and oxygen atoms in total. The van der Waals surface area contributed by atoms with Gasteiger partial charge in [-0.1, -0.05) is 0 Å². The van der Waals surface area contributed by atoms with Crippen molar-refractivity contribution in [2.75, 3.05) is 12.3 Å². The molecule has 0 spiro atoms. The summed E-state index contributed by atoms with van der Waals surface area (Å²) in [6, 6.07) is -3.71. The Kier molecular flexibility index (Phi) is 8.02. The van der Waals surface area contributed by atoms with Crippen molar-refractivity contribution in [3.05, 3.63) is 18.2 Å². The average Bonchev–Trinajstić information content (AvgIpc) is 3.36. The van der Waals surface area contributed by atoms with Crippen LogP contribution in [0.15, 0.2) is 12.5 Å². The van der Waals surface area contributed by atoms with E-state index in [0.29, 0.717) is 25.1 Å². The second kappa shape index (κ2) is 10.3. The SMILES string of the molecule is CC(N)C(=O)N1CCCC1C(=O)NC(CS)C(=O)NC(Cc1cnc[nH]1)C(=O)O. The molecule has 2 heterocycles. The van der Waals surface area contributed by atoms with Gasteiger partial charge in [0.25, 0.3) is 0 Å². The largest absolute Gasteiger partial charge is 0.480 e. The lowest BCUT2D eigenvalue weighted by atomic mass is 10.1. The van der Waals surface area contributed by atoms with E-state index in [-0.39, 0.29) is 18.1 Å². The number of H-pyrrole nitrogens is 1. The number of carbonyl (C=O) groups is 4. The van der Waals surface area contributed by atoms with Gasteiger partial charge in [0.2, 0.25) is 17.7 Å². The number of nitrogens with zero attached hydrogens (tertiary/aromatic N) is 2. The van der Waals surface area contributed by atoms with Gasteiger partial charge in [0.05, 0.1) is 12.4 Å². The number of hydrogen-bond acceptors (Lipinski definition) is 7. The maximum absolute atomic E-state index is 12.6. The Balaban J connectivity index is 2.00. The number of nitrogens with one attached hydrogen (secondary N) is 3. The van der Waals surface area contributed by atoms with Gasteiger partial charge < -0.3 is 31.4 Å². The standard InChI is InChI=1S/C17H26N6O5S/c1-9(18)16(26)23-4-2-3-13(23)15(25)22-12(7-29)14(24)21-11(17(27)28)5-10-6-19-8-20-10/h6,8-9,11-13,29H,2-5,7,18H2,1H3,(H,19,20)(H,21,24)(H,22,25)(H,27,28). The van der Waals surface area contributed by atoms with Crippen LogP contribution in [0.5, 0.6) is 0 Å². The number of amides is 3. The molecule has 0 bridgehead atoms. The second-order valence-electron chi connectivity index (χ2n) is 6.90. The molecule has 3 amide bonds. The third-order valence-corrected chi connectivity index (χ3v) is 5.00. The number of thiol groups is 1. The summed E-state index contributed by atoms with van der Waals surface area (Å²) >= 11 is 4.09. The van der Waals surface area contributed by atoms with Crippen LogP contribution in [0.2, 0.25) is 0 Å². The Labute approximate surface area is 173 Å². The van der Waals surface area contributed by atoms with Crippen molar-refractivity contribution in [1.82, 2.24) is 25.5 Å². The fraction of sp³-hybridized carbons (Fsp3) is 0.588. The number of carbonyl (C=O) groups excluding carboxylic acids is 3. The minimum atomic E-state index is -1.22. The molecule has 0 saturated carbocycles. The number of aromatic amines is 1. The molecule has 1 aromatic heterocycles. The number of rotatable bonds is 9. The smallest absolute Gasteiger partial charge is 0.326 e. The molecule has 0 aliphatic carbocycles. The zero-order chi connectivity index (χ0) is 21.6. The molecule has 1 saturated heterocycles. The number of likely N-dealkylation sites (tertiary alicyclic amines) is 1. The molecular formula is C17H26N6O5S. The number of aromatic nitrogens is 2. The van der Waals surface area contributed by atoms with Gasteiger partial charge in [-0.15, -0.1) is 0 Å². The van der Waals surface area contributed by atoms with Crippen LogP contribution >= 0.6 is 12.6 Å². The van der Waals surface area contributed by atoms with Crippen LogP contribution in [0, 0.1) is 0 Å². The van der Waals surface area contributed by atoms with Gasteiger partial charge in [0.1, 0.15) is 18.1 Å². The van der Waals surface area contributed by atoms with Gasteiger partial charge in [-0.3, -0.25) is 14.4 Å². The van der Waals surface area contributed by atoms with E-state index in [0.717, 1.165) is 0 Å². The van der Waals surface area contributed by atoms with Crippen molar-refractivity contribution >= 4 is 36.3 Å². The Morgan fingerprint density at radius 2 is 2.10 bits per heavy atom. The van der Waals surface area contributed by atoms with E-state index < -0.39 is 42.0 Å². The molecular weight excluding hydrogens is 400 g/mol. The number of nitrogens with two attached hydrogens (primary N) is 1. The average molecular weight is 426 g/mol. The molecule has 160 valence electrons. The van der Waals surface area contributed by atoms with Crippen LogP contribution in [0.25, 0.3) is 0 Å². The molecule has 0 radical (unpaired) electrons. The van der Waals surface area contributed by atoms with Crippen molar-refractivity contribution in [2.24, 2.45) is 5.73 Å². The highest BCUT2D eigenvalue weighted by atomic mass is 32.1. The first-order chi connectivity index (χ1) is 13.7. The van der Waals surface area contributed by atoms with Gasteiger partial charge in [0, 0.05) is 30.6 Å². The molecule has 29 heavy (non-hydrogen) atoms. The van der Waals surface area contributed by atoms with Crippen LogP contribution in [-0.4, -0.2) is 80.1 Å². The van der Waals surface area contributed by atoms with Crippen LogP contribution in [0.4, 0.5) is 0 Å². The molecule has 1 fully saturated rings. The van der Waals surface area contributed by atoms with E-state index in [4.69, 9.17) is 5.73 Å².